The van der Waals surface area contributed by atoms with Gasteiger partial charge in [0.25, 0.3) is 0 Å². The van der Waals surface area contributed by atoms with Gasteiger partial charge in [-0.2, -0.15) is 5.10 Å². The van der Waals surface area contributed by atoms with Crippen LogP contribution in [0.25, 0.3) is 0 Å². The number of hydrogen-bond donors (Lipinski definition) is 2. The molecule has 2 heterocycles. The summed E-state index contributed by atoms with van der Waals surface area (Å²) in [4.78, 5) is 12.8. The molecule has 1 saturated heterocycles. The van der Waals surface area contributed by atoms with Gasteiger partial charge in [-0.1, -0.05) is 0 Å². The van der Waals surface area contributed by atoms with Gasteiger partial charge in [0, 0.05) is 12.1 Å². The van der Waals surface area contributed by atoms with Gasteiger partial charge in [0.15, 0.2) is 0 Å². The normalized spacial score (nSPS) is 25.8. The Morgan fingerprint density at radius 1 is 1.69 bits per heavy atom. The minimum absolute atomic E-state index is 0.437. The summed E-state index contributed by atoms with van der Waals surface area (Å²) in [5.41, 5.74) is 0.545. The first-order valence-corrected chi connectivity index (χ1v) is 6.33. The van der Waals surface area contributed by atoms with Crippen molar-refractivity contribution in [3.8, 4) is 0 Å². The molecule has 1 aromatic heterocycles. The van der Waals surface area contributed by atoms with Gasteiger partial charge in [-0.25, -0.2) is 4.79 Å². The molecule has 2 rings (SSSR count). The summed E-state index contributed by atoms with van der Waals surface area (Å²) in [6.45, 7) is 2.58. The average molecular weight is 335 g/mol. The van der Waals surface area contributed by atoms with Crippen LogP contribution in [0.5, 0.6) is 0 Å². The van der Waals surface area contributed by atoms with Gasteiger partial charge >= 0.3 is 6.09 Å². The Hall–Kier alpha value is -0.790. The van der Waals surface area contributed by atoms with E-state index >= 15 is 0 Å². The monoisotopic (exact) mass is 335 g/mol. The van der Waals surface area contributed by atoms with Gasteiger partial charge in [-0.15, -0.1) is 0 Å². The van der Waals surface area contributed by atoms with Crippen LogP contribution in [-0.4, -0.2) is 32.8 Å². The highest BCUT2D eigenvalue weighted by Crippen LogP contribution is 2.38. The molecule has 6 heteroatoms. The molecule has 5 nitrogen and oxygen atoms in total. The predicted molar refractivity (Wildman–Crippen MR) is 67.2 cm³/mol. The van der Waals surface area contributed by atoms with E-state index in [2.05, 4.69) is 32.8 Å². The fourth-order valence-electron chi connectivity index (χ4n) is 2.35. The molecule has 1 aromatic rings. The van der Waals surface area contributed by atoms with Crippen LogP contribution in [0.4, 0.5) is 4.79 Å². The van der Waals surface area contributed by atoms with Gasteiger partial charge in [0.1, 0.15) is 3.70 Å². The lowest BCUT2D eigenvalue weighted by Gasteiger charge is -2.43. The van der Waals surface area contributed by atoms with Crippen molar-refractivity contribution in [3.05, 3.63) is 15.5 Å². The number of aromatic amines is 1. The summed E-state index contributed by atoms with van der Waals surface area (Å²) in [6.07, 6.45) is 3.75. The van der Waals surface area contributed by atoms with E-state index in [0.717, 1.165) is 28.5 Å². The number of piperidine rings is 1. The lowest BCUT2D eigenvalue weighted by Crippen LogP contribution is -2.50. The Bertz CT molecular complexity index is 407. The maximum Gasteiger partial charge on any atom is 0.408 e. The molecule has 0 saturated carbocycles. The van der Waals surface area contributed by atoms with Crippen molar-refractivity contribution >= 4 is 28.7 Å². The van der Waals surface area contributed by atoms with Gasteiger partial charge in [-0.05, 0) is 48.8 Å². The minimum Gasteiger partial charge on any atom is -0.465 e. The number of halogens is 1. The number of amides is 1. The van der Waals surface area contributed by atoms with Crippen LogP contribution in [0.3, 0.4) is 0 Å². The second-order valence-electron chi connectivity index (χ2n) is 4.26. The van der Waals surface area contributed by atoms with Crippen molar-refractivity contribution in [3.63, 3.8) is 0 Å². The van der Waals surface area contributed by atoms with E-state index in [1.807, 2.05) is 6.92 Å². The molecule has 1 aliphatic rings. The van der Waals surface area contributed by atoms with Crippen molar-refractivity contribution in [2.24, 2.45) is 0 Å². The van der Waals surface area contributed by atoms with E-state index in [4.69, 9.17) is 0 Å². The topological polar surface area (TPSA) is 69.2 Å². The average Bonchev–Trinajstić information content (AvgIpc) is 2.65. The first-order chi connectivity index (χ1) is 7.55. The largest absolute Gasteiger partial charge is 0.465 e. The zero-order valence-electron chi connectivity index (χ0n) is 9.03. The van der Waals surface area contributed by atoms with E-state index in [0.29, 0.717) is 6.54 Å². The number of carboxylic acid groups (broad SMARTS) is 1. The van der Waals surface area contributed by atoms with E-state index in [-0.39, 0.29) is 0 Å². The first kappa shape index (κ1) is 11.7. The van der Waals surface area contributed by atoms with Crippen LogP contribution in [0.2, 0.25) is 0 Å². The van der Waals surface area contributed by atoms with Crippen LogP contribution >= 0.6 is 22.6 Å². The minimum atomic E-state index is -0.848. The number of rotatable bonds is 1. The summed E-state index contributed by atoms with van der Waals surface area (Å²) in [5.74, 6) is 0. The predicted octanol–water partition coefficient (Wildman–Crippen LogP) is 2.39. The SMILES string of the molecule is CC1(c2cn[nH]c2I)CCCCN1C(=O)O. The number of aromatic nitrogens is 2. The molecule has 0 aromatic carbocycles. The van der Waals surface area contributed by atoms with E-state index in [1.54, 1.807) is 6.20 Å². The molecule has 1 fully saturated rings. The molecular weight excluding hydrogens is 321 g/mol. The molecular formula is C10H14IN3O2. The molecule has 0 spiro atoms. The van der Waals surface area contributed by atoms with Crippen LogP contribution in [0.15, 0.2) is 6.20 Å². The van der Waals surface area contributed by atoms with E-state index < -0.39 is 11.6 Å². The molecule has 1 amide bonds. The van der Waals surface area contributed by atoms with Gasteiger partial charge in [0.2, 0.25) is 0 Å². The maximum absolute atomic E-state index is 11.3. The summed E-state index contributed by atoms with van der Waals surface area (Å²) in [5, 5.41) is 16.1. The van der Waals surface area contributed by atoms with Crippen molar-refractivity contribution in [2.75, 3.05) is 6.54 Å². The van der Waals surface area contributed by atoms with Crippen molar-refractivity contribution in [1.82, 2.24) is 15.1 Å². The third-order valence-electron chi connectivity index (χ3n) is 3.30. The highest BCUT2D eigenvalue weighted by Gasteiger charge is 2.41. The molecule has 1 aliphatic heterocycles. The van der Waals surface area contributed by atoms with Crippen molar-refractivity contribution in [2.45, 2.75) is 31.7 Å². The summed E-state index contributed by atoms with van der Waals surface area (Å²) >= 11 is 2.16. The second-order valence-corrected chi connectivity index (χ2v) is 5.34. The summed E-state index contributed by atoms with van der Waals surface area (Å²) in [7, 11) is 0. The lowest BCUT2D eigenvalue weighted by atomic mass is 9.84. The summed E-state index contributed by atoms with van der Waals surface area (Å²) in [6, 6.07) is 0. The fourth-order valence-corrected chi connectivity index (χ4v) is 3.21. The van der Waals surface area contributed by atoms with Crippen molar-refractivity contribution < 1.29 is 9.90 Å². The third kappa shape index (κ3) is 1.79. The Kier molecular flexibility index (Phi) is 3.09. The van der Waals surface area contributed by atoms with Crippen LogP contribution in [0, 0.1) is 3.70 Å². The quantitative estimate of drug-likeness (QED) is 0.775. The first-order valence-electron chi connectivity index (χ1n) is 5.25. The standard InChI is InChI=1S/C10H14IN3O2/c1-10(7-6-12-13-8(7)11)4-2-3-5-14(10)9(15)16/h6H,2-5H2,1H3,(H,12,13)(H,15,16). The van der Waals surface area contributed by atoms with Crippen molar-refractivity contribution in [1.29, 1.82) is 0 Å². The molecule has 2 N–H and O–H groups in total. The van der Waals surface area contributed by atoms with Crippen LogP contribution < -0.4 is 0 Å². The Morgan fingerprint density at radius 2 is 2.44 bits per heavy atom. The number of nitrogens with one attached hydrogen (secondary N) is 1. The fraction of sp³-hybridized carbons (Fsp3) is 0.600. The number of H-pyrrole nitrogens is 1. The van der Waals surface area contributed by atoms with E-state index in [1.165, 1.54) is 4.90 Å². The Labute approximate surface area is 107 Å². The molecule has 88 valence electrons. The highest BCUT2D eigenvalue weighted by molar-refractivity contribution is 14.1. The summed E-state index contributed by atoms with van der Waals surface area (Å²) < 4.78 is 0.924. The lowest BCUT2D eigenvalue weighted by molar-refractivity contribution is 0.0555. The highest BCUT2D eigenvalue weighted by atomic mass is 127. The number of likely N-dealkylation sites (tertiary alicyclic amines) is 1. The maximum atomic E-state index is 11.3. The van der Waals surface area contributed by atoms with Gasteiger partial charge in [0.05, 0.1) is 11.7 Å². The third-order valence-corrected chi connectivity index (χ3v) is 4.12. The Morgan fingerprint density at radius 3 is 3.00 bits per heavy atom. The molecule has 1 unspecified atom stereocenters. The number of carbonyl (C=O) groups is 1. The van der Waals surface area contributed by atoms with E-state index in [9.17, 15) is 9.90 Å². The molecule has 0 radical (unpaired) electrons. The second kappa shape index (κ2) is 4.23. The van der Waals surface area contributed by atoms with Crippen LogP contribution in [-0.2, 0) is 5.54 Å². The molecule has 16 heavy (non-hydrogen) atoms. The molecule has 0 aliphatic carbocycles. The smallest absolute Gasteiger partial charge is 0.408 e. The Balaban J connectivity index is 2.40. The zero-order valence-corrected chi connectivity index (χ0v) is 11.2. The number of nitrogens with zero attached hydrogens (tertiary/aromatic N) is 2. The number of hydrogen-bond acceptors (Lipinski definition) is 2. The molecule has 0 bridgehead atoms. The van der Waals surface area contributed by atoms with Crippen LogP contribution in [0.1, 0.15) is 31.7 Å². The van der Waals surface area contributed by atoms with Gasteiger partial charge in [-0.3, -0.25) is 10.00 Å². The molecule has 1 atom stereocenters. The zero-order chi connectivity index (χ0) is 11.8. The van der Waals surface area contributed by atoms with Gasteiger partial charge < -0.3 is 5.11 Å².